The smallest absolute Gasteiger partial charge is 0.159 e. The highest BCUT2D eigenvalue weighted by atomic mass is 79.9. The number of carbonyl (C=O) groups is 1. The van der Waals surface area contributed by atoms with Crippen molar-refractivity contribution >= 4 is 27.4 Å². The molecule has 88 valence electrons. The van der Waals surface area contributed by atoms with Gasteiger partial charge in [0.15, 0.2) is 5.78 Å². The molecule has 2 aliphatic heterocycles. The third-order valence-corrected chi connectivity index (χ3v) is 4.09. The van der Waals surface area contributed by atoms with Crippen molar-refractivity contribution in [2.45, 2.75) is 25.3 Å². The fraction of sp³-hybridized carbons (Fsp3) is 0.357. The Morgan fingerprint density at radius 3 is 2.76 bits per heavy atom. The Morgan fingerprint density at radius 2 is 2.00 bits per heavy atom. The lowest BCUT2D eigenvalue weighted by atomic mass is 9.99. The minimum absolute atomic E-state index is 0.270. The fourth-order valence-electron chi connectivity index (χ4n) is 2.76. The van der Waals surface area contributed by atoms with Crippen molar-refractivity contribution in [1.29, 1.82) is 0 Å². The molecule has 0 saturated carbocycles. The summed E-state index contributed by atoms with van der Waals surface area (Å²) in [5, 5.41) is 0. The zero-order valence-corrected chi connectivity index (χ0v) is 11.1. The number of hydrogen-bond donors (Lipinski definition) is 0. The highest BCUT2D eigenvalue weighted by Gasteiger charge is 2.32. The molecule has 0 aromatic heterocycles. The molecule has 0 aliphatic carbocycles. The molecule has 0 unspecified atom stereocenters. The predicted molar refractivity (Wildman–Crippen MR) is 71.5 cm³/mol. The monoisotopic (exact) mass is 291 g/mol. The second kappa shape index (κ2) is 4.30. The van der Waals surface area contributed by atoms with Gasteiger partial charge in [0.2, 0.25) is 0 Å². The molecule has 1 atom stereocenters. The van der Waals surface area contributed by atoms with Gasteiger partial charge in [-0.2, -0.15) is 0 Å². The van der Waals surface area contributed by atoms with Crippen molar-refractivity contribution in [2.75, 3.05) is 6.54 Å². The van der Waals surface area contributed by atoms with Gasteiger partial charge in [-0.1, -0.05) is 28.1 Å². The molecule has 1 fully saturated rings. The third-order valence-electron chi connectivity index (χ3n) is 3.56. The van der Waals surface area contributed by atoms with Crippen LogP contribution in [0.1, 0.15) is 24.8 Å². The Kier molecular flexibility index (Phi) is 2.79. The summed E-state index contributed by atoms with van der Waals surface area (Å²) in [7, 11) is 0. The standard InChI is InChI=1S/C14H14BrNO/c15-11-5-3-10(4-6-11)14-9-13(17)8-12-2-1-7-16(12)14/h3-6,9,12H,1-2,7-8H2/t12-/m1/s1. The molecule has 2 nitrogen and oxygen atoms in total. The molecule has 2 heterocycles. The summed E-state index contributed by atoms with van der Waals surface area (Å²) in [6.07, 6.45) is 4.86. The van der Waals surface area contributed by atoms with Gasteiger partial charge in [-0.05, 0) is 30.5 Å². The van der Waals surface area contributed by atoms with E-state index in [-0.39, 0.29) is 5.78 Å². The summed E-state index contributed by atoms with van der Waals surface area (Å²) in [5.41, 5.74) is 2.25. The first-order valence-corrected chi connectivity index (χ1v) is 6.80. The molecule has 2 aliphatic rings. The number of rotatable bonds is 1. The van der Waals surface area contributed by atoms with E-state index >= 15 is 0 Å². The average Bonchev–Trinajstić information content (AvgIpc) is 2.77. The van der Waals surface area contributed by atoms with Crippen LogP contribution in [0.3, 0.4) is 0 Å². The maximum atomic E-state index is 11.7. The lowest BCUT2D eigenvalue weighted by molar-refractivity contribution is -0.115. The van der Waals surface area contributed by atoms with Crippen LogP contribution < -0.4 is 0 Å². The molecule has 3 heteroatoms. The van der Waals surface area contributed by atoms with Crippen molar-refractivity contribution in [2.24, 2.45) is 0 Å². The summed E-state index contributed by atoms with van der Waals surface area (Å²) in [4.78, 5) is 14.1. The third kappa shape index (κ3) is 2.04. The second-order valence-corrected chi connectivity index (χ2v) is 5.61. The molecule has 17 heavy (non-hydrogen) atoms. The number of allylic oxidation sites excluding steroid dienone is 1. The lowest BCUT2D eigenvalue weighted by Gasteiger charge is -2.32. The maximum Gasteiger partial charge on any atom is 0.159 e. The first kappa shape index (κ1) is 11.0. The number of halogens is 1. The topological polar surface area (TPSA) is 20.3 Å². The van der Waals surface area contributed by atoms with Crippen molar-refractivity contribution in [1.82, 2.24) is 4.90 Å². The first-order chi connectivity index (χ1) is 8.24. The fourth-order valence-corrected chi connectivity index (χ4v) is 3.03. The van der Waals surface area contributed by atoms with Crippen molar-refractivity contribution in [3.63, 3.8) is 0 Å². The second-order valence-electron chi connectivity index (χ2n) is 4.70. The van der Waals surface area contributed by atoms with E-state index in [4.69, 9.17) is 0 Å². The Hall–Kier alpha value is -1.09. The molecule has 3 rings (SSSR count). The summed E-state index contributed by atoms with van der Waals surface area (Å²) < 4.78 is 1.07. The van der Waals surface area contributed by atoms with E-state index in [1.54, 1.807) is 0 Å². The summed E-state index contributed by atoms with van der Waals surface area (Å²) in [6.45, 7) is 1.08. The molecule has 1 aromatic carbocycles. The number of fused-ring (bicyclic) bond motifs is 1. The summed E-state index contributed by atoms with van der Waals surface area (Å²) >= 11 is 3.44. The van der Waals surface area contributed by atoms with Gasteiger partial charge in [-0.15, -0.1) is 0 Å². The Balaban J connectivity index is 2.00. The van der Waals surface area contributed by atoms with E-state index < -0.39 is 0 Å². The van der Waals surface area contributed by atoms with E-state index in [0.29, 0.717) is 12.5 Å². The largest absolute Gasteiger partial charge is 0.368 e. The van der Waals surface area contributed by atoms with E-state index in [0.717, 1.165) is 28.7 Å². The number of ketones is 1. The van der Waals surface area contributed by atoms with Gasteiger partial charge in [0.25, 0.3) is 0 Å². The molecule has 0 bridgehead atoms. The molecular formula is C14H14BrNO. The highest BCUT2D eigenvalue weighted by Crippen LogP contribution is 2.34. The van der Waals surface area contributed by atoms with Crippen LogP contribution in [0.15, 0.2) is 34.8 Å². The van der Waals surface area contributed by atoms with Crippen LogP contribution in [0.2, 0.25) is 0 Å². The maximum absolute atomic E-state index is 11.7. The van der Waals surface area contributed by atoms with Crippen LogP contribution >= 0.6 is 15.9 Å². The van der Waals surface area contributed by atoms with Gasteiger partial charge in [0.1, 0.15) is 0 Å². The SMILES string of the molecule is O=C1C=C(c2ccc(Br)cc2)N2CCC[C@@H]2C1. The molecule has 0 amide bonds. The van der Waals surface area contributed by atoms with Crippen molar-refractivity contribution in [3.8, 4) is 0 Å². The zero-order chi connectivity index (χ0) is 11.8. The highest BCUT2D eigenvalue weighted by molar-refractivity contribution is 9.10. The quantitative estimate of drug-likeness (QED) is 0.792. The van der Waals surface area contributed by atoms with Gasteiger partial charge in [0.05, 0.1) is 0 Å². The number of benzene rings is 1. The van der Waals surface area contributed by atoms with E-state index in [1.165, 1.54) is 6.42 Å². The molecular weight excluding hydrogens is 278 g/mol. The van der Waals surface area contributed by atoms with Crippen molar-refractivity contribution in [3.05, 3.63) is 40.4 Å². The van der Waals surface area contributed by atoms with Gasteiger partial charge >= 0.3 is 0 Å². The molecule has 1 saturated heterocycles. The first-order valence-electron chi connectivity index (χ1n) is 6.01. The van der Waals surface area contributed by atoms with Crippen LogP contribution in [-0.2, 0) is 4.79 Å². The van der Waals surface area contributed by atoms with Gasteiger partial charge < -0.3 is 4.90 Å². The zero-order valence-electron chi connectivity index (χ0n) is 9.53. The minimum atomic E-state index is 0.270. The number of nitrogens with zero attached hydrogens (tertiary/aromatic N) is 1. The van der Waals surface area contributed by atoms with Crippen LogP contribution in [0.4, 0.5) is 0 Å². The number of carbonyl (C=O) groups excluding carboxylic acids is 1. The van der Waals surface area contributed by atoms with Crippen LogP contribution in [0, 0.1) is 0 Å². The Labute approximate surface area is 109 Å². The number of hydrogen-bond acceptors (Lipinski definition) is 2. The summed E-state index contributed by atoms with van der Waals surface area (Å²) in [5.74, 6) is 0.270. The van der Waals surface area contributed by atoms with E-state index in [9.17, 15) is 4.79 Å². The lowest BCUT2D eigenvalue weighted by Crippen LogP contribution is -2.33. The Bertz CT molecular complexity index is 478. The van der Waals surface area contributed by atoms with Gasteiger partial charge in [-0.25, -0.2) is 0 Å². The van der Waals surface area contributed by atoms with Crippen LogP contribution in [-0.4, -0.2) is 23.3 Å². The Morgan fingerprint density at radius 1 is 1.24 bits per heavy atom. The minimum Gasteiger partial charge on any atom is -0.368 e. The summed E-state index contributed by atoms with van der Waals surface area (Å²) in [6, 6.07) is 8.64. The average molecular weight is 292 g/mol. The van der Waals surface area contributed by atoms with Crippen LogP contribution in [0.25, 0.3) is 5.70 Å². The van der Waals surface area contributed by atoms with Gasteiger partial charge in [0, 0.05) is 35.3 Å². The molecule has 0 radical (unpaired) electrons. The van der Waals surface area contributed by atoms with Gasteiger partial charge in [-0.3, -0.25) is 4.79 Å². The van der Waals surface area contributed by atoms with Crippen molar-refractivity contribution < 1.29 is 4.79 Å². The molecule has 0 N–H and O–H groups in total. The molecule has 0 spiro atoms. The van der Waals surface area contributed by atoms with E-state index in [1.807, 2.05) is 18.2 Å². The van der Waals surface area contributed by atoms with Crippen LogP contribution in [0.5, 0.6) is 0 Å². The predicted octanol–water partition coefficient (Wildman–Crippen LogP) is 3.23. The normalized spacial score (nSPS) is 23.6. The molecule has 1 aromatic rings. The van der Waals surface area contributed by atoms with E-state index in [2.05, 4.69) is 33.0 Å².